The van der Waals surface area contributed by atoms with Crippen molar-refractivity contribution in [3.05, 3.63) is 52.8 Å². The van der Waals surface area contributed by atoms with E-state index in [9.17, 15) is 14.3 Å². The molecule has 2 aromatic carbocycles. The Bertz CT molecular complexity index is 676. The molecule has 0 saturated carbocycles. The van der Waals surface area contributed by atoms with Crippen LogP contribution < -0.4 is 10.1 Å². The normalized spacial score (nSPS) is 10.2. The molecule has 2 N–H and O–H groups in total. The predicted octanol–water partition coefficient (Wildman–Crippen LogP) is 3.51. The third-order valence-corrected chi connectivity index (χ3v) is 2.98. The summed E-state index contributed by atoms with van der Waals surface area (Å²) in [4.78, 5) is 11.7. The Hall–Kier alpha value is -2.27. The van der Waals surface area contributed by atoms with Crippen LogP contribution in [0.1, 0.15) is 5.56 Å². The SMILES string of the molecule is Cc1ccc(NC(=O)COc2ccc(F)cc2Cl)c(O)c1. The van der Waals surface area contributed by atoms with Gasteiger partial charge < -0.3 is 15.2 Å². The number of aryl methyl sites for hydroxylation is 1. The Kier molecular flexibility index (Phi) is 4.65. The second kappa shape index (κ2) is 6.45. The molecule has 0 saturated heterocycles. The number of halogens is 2. The highest BCUT2D eigenvalue weighted by Gasteiger charge is 2.09. The van der Waals surface area contributed by atoms with Gasteiger partial charge in [0.05, 0.1) is 10.7 Å². The van der Waals surface area contributed by atoms with E-state index in [4.69, 9.17) is 16.3 Å². The molecule has 0 unspecified atom stereocenters. The quantitative estimate of drug-likeness (QED) is 0.850. The van der Waals surface area contributed by atoms with Crippen LogP contribution in [0.25, 0.3) is 0 Å². The fourth-order valence-corrected chi connectivity index (χ4v) is 1.89. The first-order chi connectivity index (χ1) is 9.95. The van der Waals surface area contributed by atoms with Crippen LogP contribution in [-0.4, -0.2) is 17.6 Å². The van der Waals surface area contributed by atoms with Crippen LogP contribution in [-0.2, 0) is 4.79 Å². The lowest BCUT2D eigenvalue weighted by Gasteiger charge is -2.10. The zero-order chi connectivity index (χ0) is 15.4. The number of ether oxygens (including phenoxy) is 1. The summed E-state index contributed by atoms with van der Waals surface area (Å²) in [5.41, 5.74) is 1.17. The van der Waals surface area contributed by atoms with Gasteiger partial charge in [-0.25, -0.2) is 4.39 Å². The second-order valence-corrected chi connectivity index (χ2v) is 4.84. The molecule has 0 fully saturated rings. The van der Waals surface area contributed by atoms with Crippen LogP contribution in [0.15, 0.2) is 36.4 Å². The van der Waals surface area contributed by atoms with Gasteiger partial charge in [-0.2, -0.15) is 0 Å². The number of carbonyl (C=O) groups excluding carboxylic acids is 1. The van der Waals surface area contributed by atoms with Gasteiger partial charge in [0.2, 0.25) is 0 Å². The van der Waals surface area contributed by atoms with Gasteiger partial charge in [-0.1, -0.05) is 17.7 Å². The van der Waals surface area contributed by atoms with Crippen molar-refractivity contribution in [2.45, 2.75) is 6.92 Å². The summed E-state index contributed by atoms with van der Waals surface area (Å²) >= 11 is 5.78. The molecule has 4 nitrogen and oxygen atoms in total. The van der Waals surface area contributed by atoms with E-state index in [1.165, 1.54) is 18.2 Å². The number of phenols is 1. The van der Waals surface area contributed by atoms with Crippen LogP contribution in [0.5, 0.6) is 11.5 Å². The molecule has 0 aliphatic rings. The molecule has 1 amide bonds. The van der Waals surface area contributed by atoms with Crippen LogP contribution in [0, 0.1) is 12.7 Å². The number of nitrogens with one attached hydrogen (secondary N) is 1. The molecule has 0 heterocycles. The van der Waals surface area contributed by atoms with Crippen molar-refractivity contribution in [1.29, 1.82) is 0 Å². The first-order valence-electron chi connectivity index (χ1n) is 6.13. The number of carbonyl (C=O) groups is 1. The van der Waals surface area contributed by atoms with Gasteiger partial charge in [-0.3, -0.25) is 4.79 Å². The van der Waals surface area contributed by atoms with Crippen molar-refractivity contribution in [1.82, 2.24) is 0 Å². The van der Waals surface area contributed by atoms with Gasteiger partial charge in [0, 0.05) is 0 Å². The van der Waals surface area contributed by atoms with Gasteiger partial charge >= 0.3 is 0 Å². The summed E-state index contributed by atoms with van der Waals surface area (Å²) in [6, 6.07) is 8.51. The molecule has 0 atom stereocenters. The highest BCUT2D eigenvalue weighted by Crippen LogP contribution is 2.26. The fraction of sp³-hybridized carbons (Fsp3) is 0.133. The van der Waals surface area contributed by atoms with E-state index in [0.29, 0.717) is 5.69 Å². The smallest absolute Gasteiger partial charge is 0.262 e. The zero-order valence-electron chi connectivity index (χ0n) is 11.2. The van der Waals surface area contributed by atoms with Gasteiger partial charge in [0.25, 0.3) is 5.91 Å². The number of hydrogen-bond donors (Lipinski definition) is 2. The number of rotatable bonds is 4. The van der Waals surface area contributed by atoms with Crippen molar-refractivity contribution in [3.63, 3.8) is 0 Å². The van der Waals surface area contributed by atoms with Crippen LogP contribution >= 0.6 is 11.6 Å². The lowest BCUT2D eigenvalue weighted by Crippen LogP contribution is -2.20. The maximum Gasteiger partial charge on any atom is 0.262 e. The molecule has 0 aromatic heterocycles. The molecule has 0 spiro atoms. The van der Waals surface area contributed by atoms with Crippen LogP contribution in [0.2, 0.25) is 5.02 Å². The number of anilines is 1. The van der Waals surface area contributed by atoms with Gasteiger partial charge in [-0.05, 0) is 42.8 Å². The van der Waals surface area contributed by atoms with E-state index >= 15 is 0 Å². The minimum atomic E-state index is -0.485. The summed E-state index contributed by atoms with van der Waals surface area (Å²) in [6.07, 6.45) is 0. The Morgan fingerprint density at radius 1 is 1.33 bits per heavy atom. The molecule has 0 aliphatic carbocycles. The molecule has 0 aliphatic heterocycles. The lowest BCUT2D eigenvalue weighted by atomic mass is 10.2. The van der Waals surface area contributed by atoms with Gasteiger partial charge in [-0.15, -0.1) is 0 Å². The maximum atomic E-state index is 12.9. The molecular weight excluding hydrogens is 297 g/mol. The fourth-order valence-electron chi connectivity index (χ4n) is 1.67. The molecule has 0 bridgehead atoms. The molecule has 6 heteroatoms. The van der Waals surface area contributed by atoms with Crippen molar-refractivity contribution in [3.8, 4) is 11.5 Å². The Labute approximate surface area is 126 Å². The standard InChI is InChI=1S/C15H13ClFNO3/c1-9-2-4-12(13(19)6-9)18-15(20)8-21-14-5-3-10(17)7-11(14)16/h2-7,19H,8H2,1H3,(H,18,20). The summed E-state index contributed by atoms with van der Waals surface area (Å²) in [5.74, 6) is -0.763. The number of aromatic hydroxyl groups is 1. The summed E-state index contributed by atoms with van der Waals surface area (Å²) in [7, 11) is 0. The van der Waals surface area contributed by atoms with E-state index in [0.717, 1.165) is 11.6 Å². The Morgan fingerprint density at radius 3 is 2.76 bits per heavy atom. The maximum absolute atomic E-state index is 12.9. The molecule has 21 heavy (non-hydrogen) atoms. The number of amides is 1. The van der Waals surface area contributed by atoms with E-state index < -0.39 is 11.7 Å². The number of hydrogen-bond acceptors (Lipinski definition) is 3. The minimum Gasteiger partial charge on any atom is -0.506 e. The Balaban J connectivity index is 1.96. The third kappa shape index (κ3) is 4.10. The topological polar surface area (TPSA) is 58.6 Å². The first-order valence-corrected chi connectivity index (χ1v) is 6.51. The number of benzene rings is 2. The summed E-state index contributed by atoms with van der Waals surface area (Å²) in [6.45, 7) is 1.52. The average Bonchev–Trinajstić information content (AvgIpc) is 2.41. The van der Waals surface area contributed by atoms with Crippen molar-refractivity contribution in [2.24, 2.45) is 0 Å². The molecule has 110 valence electrons. The van der Waals surface area contributed by atoms with Crippen molar-refractivity contribution in [2.75, 3.05) is 11.9 Å². The highest BCUT2D eigenvalue weighted by atomic mass is 35.5. The minimum absolute atomic E-state index is 0.0248. The molecule has 0 radical (unpaired) electrons. The highest BCUT2D eigenvalue weighted by molar-refractivity contribution is 6.32. The molecule has 2 rings (SSSR count). The first kappa shape index (κ1) is 15.1. The summed E-state index contributed by atoms with van der Waals surface area (Å²) < 4.78 is 18.1. The largest absolute Gasteiger partial charge is 0.506 e. The second-order valence-electron chi connectivity index (χ2n) is 4.43. The zero-order valence-corrected chi connectivity index (χ0v) is 11.9. The van der Waals surface area contributed by atoms with Crippen LogP contribution in [0.4, 0.5) is 10.1 Å². The average molecular weight is 310 g/mol. The van der Waals surface area contributed by atoms with Crippen LogP contribution in [0.3, 0.4) is 0 Å². The predicted molar refractivity (Wildman–Crippen MR) is 78.4 cm³/mol. The van der Waals surface area contributed by atoms with E-state index in [1.54, 1.807) is 12.1 Å². The molecular formula is C15H13ClFNO3. The molecule has 2 aromatic rings. The lowest BCUT2D eigenvalue weighted by molar-refractivity contribution is -0.118. The summed E-state index contributed by atoms with van der Waals surface area (Å²) in [5, 5.41) is 12.3. The van der Waals surface area contributed by atoms with Gasteiger partial charge in [0.1, 0.15) is 17.3 Å². The van der Waals surface area contributed by atoms with Crippen molar-refractivity contribution >= 4 is 23.2 Å². The number of phenolic OH excluding ortho intramolecular Hbond substituents is 1. The van der Waals surface area contributed by atoms with E-state index in [2.05, 4.69) is 5.32 Å². The Morgan fingerprint density at radius 2 is 2.10 bits per heavy atom. The van der Waals surface area contributed by atoms with Gasteiger partial charge in [0.15, 0.2) is 6.61 Å². The van der Waals surface area contributed by atoms with Crippen molar-refractivity contribution < 1.29 is 19.0 Å². The third-order valence-electron chi connectivity index (χ3n) is 2.68. The van der Waals surface area contributed by atoms with E-state index in [-0.39, 0.29) is 23.1 Å². The monoisotopic (exact) mass is 309 g/mol. The van der Waals surface area contributed by atoms with E-state index in [1.807, 2.05) is 6.92 Å².